The monoisotopic (exact) mass is 711 g/mol. The molecule has 1 heteroatoms. The third-order valence-corrected chi connectivity index (χ3v) is 10.6. The van der Waals surface area contributed by atoms with Crippen LogP contribution in [0.15, 0.2) is 207 Å². The van der Waals surface area contributed by atoms with Crippen LogP contribution in [0, 0.1) is 0 Å². The maximum Gasteiger partial charge on any atom is 0.0465 e. The SMILES string of the molecule is C=C/C=C\c1ccccc1C1C=CC(N(/C(C)=c2\cccc\c2=C\C)c2ccc(-c3cccc(CCC=C)c3)c(-c3ccccc3)c2)=CC1c1ccccc1. The molecule has 55 heavy (non-hydrogen) atoms. The fourth-order valence-electron chi connectivity index (χ4n) is 7.91. The summed E-state index contributed by atoms with van der Waals surface area (Å²) in [6.07, 6.45) is 19.4. The molecule has 1 nitrogen and oxygen atoms in total. The highest BCUT2D eigenvalue weighted by Crippen LogP contribution is 2.44. The number of aryl methyl sites for hydroxylation is 1. The van der Waals surface area contributed by atoms with E-state index < -0.39 is 0 Å². The lowest BCUT2D eigenvalue weighted by atomic mass is 9.76. The normalized spacial score (nSPS) is 16.1. The standard InChI is InChI=1S/C54H49N/c1-5-8-21-41-22-20-30-46(37-41)51-35-33-47(38-53(51)44-25-12-10-13-26-44)55(40(4)49-31-18-16-24-42(49)7-3)48-34-36-52(54(39-48)45-27-14-11-15-28-45)50-32-19-17-29-43(50)23-9-6-2/h5-7,9-20,22-39,52,54H,1-2,8,21H2,3-4H3/b23-9-,42-7-,49-40+. The number of allylic oxidation sites excluding steroid dienone is 6. The summed E-state index contributed by atoms with van der Waals surface area (Å²) in [5, 5.41) is 2.42. The van der Waals surface area contributed by atoms with Crippen molar-refractivity contribution in [1.82, 2.24) is 0 Å². The molecule has 270 valence electrons. The van der Waals surface area contributed by atoms with Crippen molar-refractivity contribution in [2.75, 3.05) is 4.90 Å². The van der Waals surface area contributed by atoms with E-state index >= 15 is 0 Å². The maximum atomic E-state index is 3.95. The van der Waals surface area contributed by atoms with Crippen molar-refractivity contribution in [3.8, 4) is 22.3 Å². The number of hydrogen-bond donors (Lipinski definition) is 0. The molecule has 0 radical (unpaired) electrons. The second kappa shape index (κ2) is 17.6. The van der Waals surface area contributed by atoms with Gasteiger partial charge >= 0.3 is 0 Å². The zero-order chi connectivity index (χ0) is 38.0. The van der Waals surface area contributed by atoms with Gasteiger partial charge in [-0.25, -0.2) is 0 Å². The molecule has 0 aliphatic heterocycles. The third kappa shape index (κ3) is 8.22. The van der Waals surface area contributed by atoms with Gasteiger partial charge in [0.2, 0.25) is 0 Å². The molecule has 0 spiro atoms. The van der Waals surface area contributed by atoms with Gasteiger partial charge in [-0.2, -0.15) is 0 Å². The second-order valence-electron chi connectivity index (χ2n) is 14.1. The van der Waals surface area contributed by atoms with Crippen LogP contribution in [0.1, 0.15) is 54.4 Å². The van der Waals surface area contributed by atoms with Gasteiger partial charge in [0.15, 0.2) is 0 Å². The van der Waals surface area contributed by atoms with Crippen LogP contribution in [0.25, 0.3) is 40.1 Å². The summed E-state index contributed by atoms with van der Waals surface area (Å²) in [5.74, 6) is 0.250. The molecule has 2 unspecified atom stereocenters. The molecule has 2 atom stereocenters. The minimum absolute atomic E-state index is 0.105. The Morgan fingerprint density at radius 2 is 1.42 bits per heavy atom. The van der Waals surface area contributed by atoms with E-state index in [1.807, 2.05) is 18.2 Å². The Hall–Kier alpha value is -6.44. The molecular weight excluding hydrogens is 663 g/mol. The van der Waals surface area contributed by atoms with Gasteiger partial charge < -0.3 is 4.90 Å². The first-order valence-corrected chi connectivity index (χ1v) is 19.3. The van der Waals surface area contributed by atoms with Gasteiger partial charge in [0.1, 0.15) is 0 Å². The van der Waals surface area contributed by atoms with Crippen LogP contribution in [0.5, 0.6) is 0 Å². The fraction of sp³-hybridized carbons (Fsp3) is 0.111. The summed E-state index contributed by atoms with van der Waals surface area (Å²) in [4.78, 5) is 2.46. The zero-order valence-corrected chi connectivity index (χ0v) is 32.0. The van der Waals surface area contributed by atoms with Crippen molar-refractivity contribution < 1.29 is 0 Å². The summed E-state index contributed by atoms with van der Waals surface area (Å²) < 4.78 is 0. The van der Waals surface area contributed by atoms with Gasteiger partial charge in [-0.15, -0.1) is 6.58 Å². The van der Waals surface area contributed by atoms with Gasteiger partial charge in [-0.3, -0.25) is 0 Å². The van der Waals surface area contributed by atoms with Crippen LogP contribution in [-0.4, -0.2) is 0 Å². The lowest BCUT2D eigenvalue weighted by molar-refractivity contribution is 0.719. The van der Waals surface area contributed by atoms with E-state index in [4.69, 9.17) is 0 Å². The lowest BCUT2D eigenvalue weighted by Crippen LogP contribution is -2.33. The molecule has 0 amide bonds. The molecule has 0 heterocycles. The molecule has 7 rings (SSSR count). The van der Waals surface area contributed by atoms with E-state index in [9.17, 15) is 0 Å². The Morgan fingerprint density at radius 3 is 2.20 bits per heavy atom. The first-order valence-electron chi connectivity index (χ1n) is 19.3. The first-order chi connectivity index (χ1) is 27.1. The molecule has 0 bridgehead atoms. The van der Waals surface area contributed by atoms with Crippen molar-refractivity contribution in [1.29, 1.82) is 0 Å². The zero-order valence-electron chi connectivity index (χ0n) is 32.0. The predicted molar refractivity (Wildman–Crippen MR) is 238 cm³/mol. The van der Waals surface area contributed by atoms with E-state index in [1.165, 1.54) is 60.6 Å². The van der Waals surface area contributed by atoms with Crippen LogP contribution >= 0.6 is 0 Å². The van der Waals surface area contributed by atoms with E-state index in [0.29, 0.717) is 0 Å². The van der Waals surface area contributed by atoms with Crippen molar-refractivity contribution in [2.24, 2.45) is 0 Å². The molecule has 6 aromatic rings. The Kier molecular flexibility index (Phi) is 11.8. The molecule has 1 aliphatic carbocycles. The maximum absolute atomic E-state index is 3.95. The highest BCUT2D eigenvalue weighted by Gasteiger charge is 2.28. The first kappa shape index (κ1) is 36.9. The van der Waals surface area contributed by atoms with E-state index in [1.54, 1.807) is 0 Å². The average Bonchev–Trinajstić information content (AvgIpc) is 3.25. The molecule has 0 N–H and O–H groups in total. The average molecular weight is 712 g/mol. The lowest BCUT2D eigenvalue weighted by Gasteiger charge is -2.34. The highest BCUT2D eigenvalue weighted by atomic mass is 15.2. The van der Waals surface area contributed by atoms with Crippen LogP contribution < -0.4 is 15.3 Å². The third-order valence-electron chi connectivity index (χ3n) is 10.6. The Morgan fingerprint density at radius 1 is 0.691 bits per heavy atom. The summed E-state index contributed by atoms with van der Waals surface area (Å²) in [6.45, 7) is 12.3. The number of hydrogen-bond acceptors (Lipinski definition) is 1. The quantitative estimate of drug-likeness (QED) is 0.0902. The second-order valence-corrected chi connectivity index (χ2v) is 14.1. The van der Waals surface area contributed by atoms with Gasteiger partial charge in [0.25, 0.3) is 0 Å². The number of benzene rings is 6. The van der Waals surface area contributed by atoms with Crippen molar-refractivity contribution in [3.05, 3.63) is 240 Å². The fourth-order valence-corrected chi connectivity index (χ4v) is 7.91. The molecule has 0 saturated carbocycles. The van der Waals surface area contributed by atoms with Gasteiger partial charge in [-0.05, 0) is 94.6 Å². The highest BCUT2D eigenvalue weighted by molar-refractivity contribution is 5.88. The number of anilines is 1. The minimum Gasteiger partial charge on any atom is -0.314 e. The molecule has 0 saturated heterocycles. The van der Waals surface area contributed by atoms with Crippen molar-refractivity contribution in [3.63, 3.8) is 0 Å². The van der Waals surface area contributed by atoms with Crippen molar-refractivity contribution in [2.45, 2.75) is 38.5 Å². The minimum atomic E-state index is 0.105. The molecule has 6 aromatic carbocycles. The van der Waals surface area contributed by atoms with Gasteiger partial charge in [-0.1, -0.05) is 189 Å². The largest absolute Gasteiger partial charge is 0.314 e. The summed E-state index contributed by atoms with van der Waals surface area (Å²) in [6, 6.07) is 55.2. The Labute approximate surface area is 327 Å². The van der Waals surface area contributed by atoms with Crippen LogP contribution in [0.4, 0.5) is 5.69 Å². The number of nitrogens with zero attached hydrogens (tertiary/aromatic N) is 1. The molecule has 0 aromatic heterocycles. The van der Waals surface area contributed by atoms with Crippen LogP contribution in [0.3, 0.4) is 0 Å². The van der Waals surface area contributed by atoms with Gasteiger partial charge in [0.05, 0.1) is 0 Å². The Balaban J connectivity index is 1.45. The molecule has 0 fully saturated rings. The van der Waals surface area contributed by atoms with Crippen molar-refractivity contribution >= 4 is 23.5 Å². The van der Waals surface area contributed by atoms with E-state index in [-0.39, 0.29) is 11.8 Å². The smallest absolute Gasteiger partial charge is 0.0465 e. The summed E-state index contributed by atoms with van der Waals surface area (Å²) in [7, 11) is 0. The predicted octanol–water partition coefficient (Wildman–Crippen LogP) is 12.8. The number of rotatable bonds is 12. The summed E-state index contributed by atoms with van der Waals surface area (Å²) in [5.41, 5.74) is 13.4. The topological polar surface area (TPSA) is 3.24 Å². The van der Waals surface area contributed by atoms with E-state index in [0.717, 1.165) is 24.2 Å². The van der Waals surface area contributed by atoms with E-state index in [2.05, 4.69) is 214 Å². The van der Waals surface area contributed by atoms with Gasteiger partial charge in [0, 0.05) is 34.1 Å². The summed E-state index contributed by atoms with van der Waals surface area (Å²) >= 11 is 0. The van der Waals surface area contributed by atoms with Crippen LogP contribution in [-0.2, 0) is 6.42 Å². The molecular formula is C54H49N. The van der Waals surface area contributed by atoms with Crippen LogP contribution in [0.2, 0.25) is 0 Å². The Bertz CT molecular complexity index is 2500. The molecule has 1 aliphatic rings.